The first-order valence-electron chi connectivity index (χ1n) is 5.59. The molecule has 4 nitrogen and oxygen atoms in total. The molecule has 0 radical (unpaired) electrons. The van der Waals surface area contributed by atoms with Crippen LogP contribution in [0, 0.1) is 0 Å². The van der Waals surface area contributed by atoms with Crippen LogP contribution in [-0.2, 0) is 11.8 Å². The minimum absolute atomic E-state index is 0.123. The van der Waals surface area contributed by atoms with Crippen LogP contribution in [0.2, 0.25) is 0 Å². The van der Waals surface area contributed by atoms with Crippen molar-refractivity contribution in [2.45, 2.75) is 37.3 Å². The van der Waals surface area contributed by atoms with Gasteiger partial charge in [0, 0.05) is 14.2 Å². The van der Waals surface area contributed by atoms with Gasteiger partial charge in [-0.15, -0.1) is 0 Å². The minimum atomic E-state index is -0.212. The summed E-state index contributed by atoms with van der Waals surface area (Å²) in [6.07, 6.45) is 6.23. The van der Waals surface area contributed by atoms with E-state index in [1.807, 2.05) is 11.7 Å². The largest absolute Gasteiger partial charge is 0.376 e. The van der Waals surface area contributed by atoms with E-state index in [2.05, 4.69) is 21.0 Å². The zero-order valence-electron chi connectivity index (χ0n) is 9.74. The van der Waals surface area contributed by atoms with Gasteiger partial charge in [-0.1, -0.05) is 12.8 Å². The highest BCUT2D eigenvalue weighted by Crippen LogP contribution is 2.42. The number of aromatic nitrogens is 2. The van der Waals surface area contributed by atoms with Crippen molar-refractivity contribution < 1.29 is 4.74 Å². The van der Waals surface area contributed by atoms with E-state index in [1.54, 1.807) is 13.3 Å². The van der Waals surface area contributed by atoms with E-state index in [1.165, 1.54) is 12.8 Å². The molecule has 0 saturated heterocycles. The summed E-state index contributed by atoms with van der Waals surface area (Å²) >= 11 is 3.50. The molecule has 0 spiro atoms. The second-order valence-corrected chi connectivity index (χ2v) is 5.31. The second kappa shape index (κ2) is 4.47. The first kappa shape index (κ1) is 12.1. The SMILES string of the molecule is COC1(C(N)c2c(Br)cnn2C)CCCC1. The van der Waals surface area contributed by atoms with E-state index in [-0.39, 0.29) is 11.6 Å². The Bertz CT molecular complexity index is 352. The lowest BCUT2D eigenvalue weighted by Gasteiger charge is -2.34. The normalized spacial score (nSPS) is 21.2. The average molecular weight is 288 g/mol. The number of nitrogens with zero attached hydrogens (tertiary/aromatic N) is 2. The van der Waals surface area contributed by atoms with Crippen molar-refractivity contribution in [3.8, 4) is 0 Å². The zero-order valence-corrected chi connectivity index (χ0v) is 11.3. The number of hydrogen-bond donors (Lipinski definition) is 1. The molecule has 1 aromatic heterocycles. The second-order valence-electron chi connectivity index (χ2n) is 4.46. The summed E-state index contributed by atoms with van der Waals surface area (Å²) in [4.78, 5) is 0. The van der Waals surface area contributed by atoms with Crippen LogP contribution in [0.4, 0.5) is 0 Å². The highest BCUT2D eigenvalue weighted by Gasteiger charge is 2.42. The molecule has 1 fully saturated rings. The summed E-state index contributed by atoms with van der Waals surface area (Å²) in [6, 6.07) is -0.123. The van der Waals surface area contributed by atoms with Gasteiger partial charge in [0.25, 0.3) is 0 Å². The Kier molecular flexibility index (Phi) is 3.37. The van der Waals surface area contributed by atoms with Gasteiger partial charge < -0.3 is 10.5 Å². The molecule has 1 unspecified atom stereocenters. The van der Waals surface area contributed by atoms with Crippen LogP contribution >= 0.6 is 15.9 Å². The Morgan fingerprint density at radius 1 is 1.56 bits per heavy atom. The highest BCUT2D eigenvalue weighted by molar-refractivity contribution is 9.10. The molecule has 0 amide bonds. The van der Waals surface area contributed by atoms with Crippen molar-refractivity contribution in [1.82, 2.24) is 9.78 Å². The third kappa shape index (κ3) is 1.81. The van der Waals surface area contributed by atoms with Gasteiger partial charge in [0.05, 0.1) is 28.0 Å². The third-order valence-electron chi connectivity index (χ3n) is 3.66. The van der Waals surface area contributed by atoms with E-state index in [9.17, 15) is 0 Å². The molecule has 1 aliphatic rings. The molecule has 5 heteroatoms. The summed E-state index contributed by atoms with van der Waals surface area (Å²) in [7, 11) is 3.67. The Balaban J connectivity index is 2.33. The van der Waals surface area contributed by atoms with Crippen LogP contribution in [0.3, 0.4) is 0 Å². The number of rotatable bonds is 3. The number of nitrogens with two attached hydrogens (primary N) is 1. The van der Waals surface area contributed by atoms with Gasteiger partial charge in [-0.3, -0.25) is 4.68 Å². The summed E-state index contributed by atoms with van der Waals surface area (Å²) in [5.41, 5.74) is 7.18. The molecule has 2 N–H and O–H groups in total. The summed E-state index contributed by atoms with van der Waals surface area (Å²) in [6.45, 7) is 0. The number of hydrogen-bond acceptors (Lipinski definition) is 3. The Morgan fingerprint density at radius 3 is 2.62 bits per heavy atom. The van der Waals surface area contributed by atoms with Crippen molar-refractivity contribution >= 4 is 15.9 Å². The molecule has 90 valence electrons. The highest BCUT2D eigenvalue weighted by atomic mass is 79.9. The molecular weight excluding hydrogens is 270 g/mol. The molecule has 1 aliphatic carbocycles. The monoisotopic (exact) mass is 287 g/mol. The predicted octanol–water partition coefficient (Wildman–Crippen LogP) is 2.14. The third-order valence-corrected chi connectivity index (χ3v) is 4.27. The maximum atomic E-state index is 6.38. The Labute approximate surface area is 104 Å². The number of aryl methyl sites for hydroxylation is 1. The molecule has 0 aliphatic heterocycles. The summed E-state index contributed by atoms with van der Waals surface area (Å²) < 4.78 is 8.50. The molecular formula is C11H18BrN3O. The summed E-state index contributed by atoms with van der Waals surface area (Å²) in [5, 5.41) is 4.21. The lowest BCUT2D eigenvalue weighted by molar-refractivity contribution is -0.0284. The van der Waals surface area contributed by atoms with Crippen LogP contribution in [0.1, 0.15) is 37.4 Å². The lowest BCUT2D eigenvalue weighted by Crippen LogP contribution is -2.41. The van der Waals surface area contributed by atoms with Gasteiger partial charge in [-0.2, -0.15) is 5.10 Å². The Morgan fingerprint density at radius 2 is 2.19 bits per heavy atom. The van der Waals surface area contributed by atoms with E-state index in [0.29, 0.717) is 0 Å². The first-order valence-corrected chi connectivity index (χ1v) is 6.38. The van der Waals surface area contributed by atoms with Gasteiger partial charge in [0.15, 0.2) is 0 Å². The molecule has 16 heavy (non-hydrogen) atoms. The predicted molar refractivity (Wildman–Crippen MR) is 66.0 cm³/mol. The molecule has 1 heterocycles. The van der Waals surface area contributed by atoms with Crippen molar-refractivity contribution in [2.75, 3.05) is 7.11 Å². The zero-order chi connectivity index (χ0) is 11.8. The lowest BCUT2D eigenvalue weighted by atomic mass is 9.90. The summed E-state index contributed by atoms with van der Waals surface area (Å²) in [5.74, 6) is 0. The van der Waals surface area contributed by atoms with Gasteiger partial charge >= 0.3 is 0 Å². The van der Waals surface area contributed by atoms with Gasteiger partial charge in [-0.05, 0) is 28.8 Å². The molecule has 0 aromatic carbocycles. The van der Waals surface area contributed by atoms with E-state index >= 15 is 0 Å². The van der Waals surface area contributed by atoms with E-state index in [0.717, 1.165) is 23.0 Å². The van der Waals surface area contributed by atoms with Crippen molar-refractivity contribution in [3.63, 3.8) is 0 Å². The Hall–Kier alpha value is -0.390. The maximum absolute atomic E-state index is 6.38. The average Bonchev–Trinajstić information content (AvgIpc) is 2.86. The van der Waals surface area contributed by atoms with Crippen molar-refractivity contribution in [3.05, 3.63) is 16.4 Å². The number of ether oxygens (including phenoxy) is 1. The smallest absolute Gasteiger partial charge is 0.0886 e. The topological polar surface area (TPSA) is 53.1 Å². The molecule has 2 rings (SSSR count). The van der Waals surface area contributed by atoms with Crippen molar-refractivity contribution in [2.24, 2.45) is 12.8 Å². The fraction of sp³-hybridized carbons (Fsp3) is 0.727. The first-order chi connectivity index (χ1) is 7.60. The van der Waals surface area contributed by atoms with E-state index < -0.39 is 0 Å². The van der Waals surface area contributed by atoms with Crippen molar-refractivity contribution in [1.29, 1.82) is 0 Å². The van der Waals surface area contributed by atoms with Crippen LogP contribution in [0.15, 0.2) is 10.7 Å². The minimum Gasteiger partial charge on any atom is -0.376 e. The fourth-order valence-corrected chi connectivity index (χ4v) is 3.23. The van der Waals surface area contributed by atoms with E-state index in [4.69, 9.17) is 10.5 Å². The molecule has 1 atom stereocenters. The van der Waals surface area contributed by atoms with Gasteiger partial charge in [-0.25, -0.2) is 0 Å². The maximum Gasteiger partial charge on any atom is 0.0886 e. The van der Waals surface area contributed by atoms with Crippen LogP contribution in [0.5, 0.6) is 0 Å². The van der Waals surface area contributed by atoms with Crippen LogP contribution in [0.25, 0.3) is 0 Å². The fourth-order valence-electron chi connectivity index (χ4n) is 2.63. The quantitative estimate of drug-likeness (QED) is 0.927. The number of methoxy groups -OCH3 is 1. The van der Waals surface area contributed by atoms with Crippen LogP contribution < -0.4 is 5.73 Å². The van der Waals surface area contributed by atoms with Gasteiger partial charge in [0.1, 0.15) is 0 Å². The molecule has 1 saturated carbocycles. The molecule has 1 aromatic rings. The van der Waals surface area contributed by atoms with Gasteiger partial charge in [0.2, 0.25) is 0 Å². The molecule has 0 bridgehead atoms. The number of halogens is 1. The van der Waals surface area contributed by atoms with Crippen LogP contribution in [-0.4, -0.2) is 22.5 Å². The standard InChI is InChI=1S/C11H18BrN3O/c1-15-9(8(12)7-14-15)10(13)11(16-2)5-3-4-6-11/h7,10H,3-6,13H2,1-2H3.